The molecule has 5 aromatic rings. The summed E-state index contributed by atoms with van der Waals surface area (Å²) in [4.78, 5) is 24.6. The van der Waals surface area contributed by atoms with E-state index in [4.69, 9.17) is 10.8 Å². The number of carbonyl (C=O) groups is 1. The number of primary amides is 1. The number of hydrogen-bond donors (Lipinski definition) is 1. The molecule has 7 heteroatoms. The molecule has 30 heavy (non-hydrogen) atoms. The summed E-state index contributed by atoms with van der Waals surface area (Å²) in [6.45, 7) is 0. The minimum Gasteiger partial charge on any atom is -0.366 e. The van der Waals surface area contributed by atoms with E-state index in [9.17, 15) is 4.79 Å². The van der Waals surface area contributed by atoms with Gasteiger partial charge in [0.15, 0.2) is 5.82 Å². The summed E-state index contributed by atoms with van der Waals surface area (Å²) in [5, 5.41) is 4.78. The maximum absolute atomic E-state index is 11.4. The van der Waals surface area contributed by atoms with Crippen molar-refractivity contribution in [2.75, 3.05) is 0 Å². The Balaban J connectivity index is 1.67. The predicted molar refractivity (Wildman–Crippen MR) is 114 cm³/mol. The van der Waals surface area contributed by atoms with Gasteiger partial charge in [0.05, 0.1) is 22.4 Å². The molecule has 0 aliphatic rings. The lowest BCUT2D eigenvalue weighted by Gasteiger charge is -2.07. The van der Waals surface area contributed by atoms with Crippen LogP contribution in [0.1, 0.15) is 10.4 Å². The van der Waals surface area contributed by atoms with Crippen molar-refractivity contribution in [2.24, 2.45) is 5.73 Å². The van der Waals surface area contributed by atoms with E-state index < -0.39 is 5.91 Å². The van der Waals surface area contributed by atoms with Crippen LogP contribution in [0.2, 0.25) is 0 Å². The molecule has 0 aliphatic carbocycles. The lowest BCUT2D eigenvalue weighted by molar-refractivity contribution is 0.100. The normalized spacial score (nSPS) is 10.9. The van der Waals surface area contributed by atoms with E-state index in [-0.39, 0.29) is 0 Å². The molecule has 0 spiro atoms. The van der Waals surface area contributed by atoms with Gasteiger partial charge in [0.25, 0.3) is 0 Å². The Labute approximate surface area is 171 Å². The van der Waals surface area contributed by atoms with E-state index in [0.717, 1.165) is 33.5 Å². The van der Waals surface area contributed by atoms with Crippen LogP contribution < -0.4 is 5.73 Å². The van der Waals surface area contributed by atoms with Crippen molar-refractivity contribution in [1.29, 1.82) is 0 Å². The van der Waals surface area contributed by atoms with Crippen LogP contribution >= 0.6 is 0 Å². The van der Waals surface area contributed by atoms with E-state index in [0.29, 0.717) is 11.4 Å². The summed E-state index contributed by atoms with van der Waals surface area (Å²) in [6.07, 6.45) is 5.08. The van der Waals surface area contributed by atoms with E-state index in [1.165, 1.54) is 0 Å². The molecule has 3 heterocycles. The van der Waals surface area contributed by atoms with Crippen molar-refractivity contribution >= 4 is 16.9 Å². The number of pyridine rings is 1. The monoisotopic (exact) mass is 392 g/mol. The number of fused-ring (bicyclic) bond motifs is 1. The third-order valence-corrected chi connectivity index (χ3v) is 4.81. The largest absolute Gasteiger partial charge is 0.366 e. The van der Waals surface area contributed by atoms with Gasteiger partial charge in [-0.1, -0.05) is 24.3 Å². The van der Waals surface area contributed by atoms with E-state index >= 15 is 0 Å². The average Bonchev–Trinajstić information content (AvgIpc) is 3.25. The van der Waals surface area contributed by atoms with Crippen molar-refractivity contribution < 1.29 is 4.79 Å². The lowest BCUT2D eigenvalue weighted by atomic mass is 10.1. The lowest BCUT2D eigenvalue weighted by Crippen LogP contribution is -2.10. The van der Waals surface area contributed by atoms with Gasteiger partial charge in [-0.15, -0.1) is 0 Å². The summed E-state index contributed by atoms with van der Waals surface area (Å²) < 4.78 is 1.80. The summed E-state index contributed by atoms with van der Waals surface area (Å²) >= 11 is 0. The zero-order valence-electron chi connectivity index (χ0n) is 15.8. The second kappa shape index (κ2) is 7.21. The highest BCUT2D eigenvalue weighted by molar-refractivity contribution is 5.93. The fourth-order valence-electron chi connectivity index (χ4n) is 3.31. The smallest absolute Gasteiger partial charge is 0.248 e. The zero-order chi connectivity index (χ0) is 20.5. The highest BCUT2D eigenvalue weighted by Gasteiger charge is 2.15. The van der Waals surface area contributed by atoms with Crippen molar-refractivity contribution in [3.63, 3.8) is 0 Å². The van der Waals surface area contributed by atoms with Crippen molar-refractivity contribution in [3.8, 4) is 28.3 Å². The second-order valence-electron chi connectivity index (χ2n) is 6.72. The third kappa shape index (κ3) is 3.18. The first-order valence-electron chi connectivity index (χ1n) is 9.32. The molecule has 0 radical (unpaired) electrons. The van der Waals surface area contributed by atoms with Crippen LogP contribution in [0.4, 0.5) is 0 Å². The summed E-state index contributed by atoms with van der Waals surface area (Å²) in [7, 11) is 0. The summed E-state index contributed by atoms with van der Waals surface area (Å²) in [5.41, 5.74) is 10.9. The number of nitrogens with two attached hydrogens (primary N) is 1. The second-order valence-corrected chi connectivity index (χ2v) is 6.72. The molecule has 0 bridgehead atoms. The molecule has 144 valence electrons. The Kier molecular flexibility index (Phi) is 4.25. The molecule has 5 rings (SSSR count). The average molecular weight is 392 g/mol. The molecular weight excluding hydrogens is 376 g/mol. The van der Waals surface area contributed by atoms with Crippen LogP contribution in [0.3, 0.4) is 0 Å². The minimum atomic E-state index is -0.460. The zero-order valence-corrected chi connectivity index (χ0v) is 15.8. The van der Waals surface area contributed by atoms with Gasteiger partial charge in [0.1, 0.15) is 0 Å². The Morgan fingerprint density at radius 1 is 0.767 bits per heavy atom. The first kappa shape index (κ1) is 17.7. The highest BCUT2D eigenvalue weighted by Crippen LogP contribution is 2.29. The van der Waals surface area contributed by atoms with Gasteiger partial charge in [0, 0.05) is 35.3 Å². The van der Waals surface area contributed by atoms with E-state index in [1.54, 1.807) is 35.4 Å². The number of hydrogen-bond acceptors (Lipinski definition) is 5. The molecule has 0 fully saturated rings. The van der Waals surface area contributed by atoms with Crippen LogP contribution in [0, 0.1) is 0 Å². The van der Waals surface area contributed by atoms with Gasteiger partial charge < -0.3 is 5.73 Å². The Morgan fingerprint density at radius 3 is 2.27 bits per heavy atom. The van der Waals surface area contributed by atoms with E-state index in [1.807, 2.05) is 54.6 Å². The highest BCUT2D eigenvalue weighted by atomic mass is 16.1. The summed E-state index contributed by atoms with van der Waals surface area (Å²) in [5.74, 6) is 0.241. The van der Waals surface area contributed by atoms with Crippen LogP contribution in [-0.2, 0) is 0 Å². The fourth-order valence-corrected chi connectivity index (χ4v) is 3.31. The Bertz CT molecular complexity index is 1360. The summed E-state index contributed by atoms with van der Waals surface area (Å²) in [6, 6.07) is 20.7. The van der Waals surface area contributed by atoms with Gasteiger partial charge >= 0.3 is 0 Å². The fraction of sp³-hybridized carbons (Fsp3) is 0. The molecule has 0 aliphatic heterocycles. The molecule has 0 saturated carbocycles. The van der Waals surface area contributed by atoms with Gasteiger partial charge in [-0.25, -0.2) is 9.67 Å². The van der Waals surface area contributed by atoms with Crippen molar-refractivity contribution in [3.05, 3.63) is 90.9 Å². The molecule has 7 nitrogen and oxygen atoms in total. The first-order valence-corrected chi connectivity index (χ1v) is 9.32. The van der Waals surface area contributed by atoms with Gasteiger partial charge in [-0.3, -0.25) is 14.8 Å². The first-order chi connectivity index (χ1) is 14.7. The molecule has 1 amide bonds. The molecule has 2 N–H and O–H groups in total. The van der Waals surface area contributed by atoms with Crippen LogP contribution in [0.15, 0.2) is 85.3 Å². The third-order valence-electron chi connectivity index (χ3n) is 4.81. The quantitative estimate of drug-likeness (QED) is 0.503. The Hall–Kier alpha value is -4.39. The van der Waals surface area contributed by atoms with Crippen LogP contribution in [0.5, 0.6) is 0 Å². The van der Waals surface area contributed by atoms with Crippen LogP contribution in [0.25, 0.3) is 39.4 Å². The molecule has 0 saturated heterocycles. The number of amides is 1. The SMILES string of the molecule is NC(=O)c1ccc(-c2cc(-c3ccc4nccnc4c3)n(-c3ccccn3)n2)cc1. The molecular formula is C23H16N6O. The number of nitrogens with zero attached hydrogens (tertiary/aromatic N) is 5. The number of rotatable bonds is 4. The van der Waals surface area contributed by atoms with Gasteiger partial charge in [-0.05, 0) is 42.5 Å². The topological polar surface area (TPSA) is 99.6 Å². The minimum absolute atomic E-state index is 0.455. The van der Waals surface area contributed by atoms with Crippen molar-refractivity contribution in [2.45, 2.75) is 0 Å². The van der Waals surface area contributed by atoms with Gasteiger partial charge in [-0.2, -0.15) is 5.10 Å². The van der Waals surface area contributed by atoms with Crippen molar-refractivity contribution in [1.82, 2.24) is 24.7 Å². The number of carbonyl (C=O) groups excluding carboxylic acids is 1. The molecule has 0 unspecified atom stereocenters. The molecule has 0 atom stereocenters. The molecule has 2 aromatic carbocycles. The van der Waals surface area contributed by atoms with Crippen LogP contribution in [-0.4, -0.2) is 30.6 Å². The standard InChI is InChI=1S/C23H16N6O/c24-23(30)16-6-4-15(5-7-16)19-14-21(29(28-19)22-3-1-2-10-27-22)17-8-9-18-20(13-17)26-12-11-25-18/h1-14H,(H2,24,30). The van der Waals surface area contributed by atoms with Gasteiger partial charge in [0.2, 0.25) is 5.91 Å². The molecule has 3 aromatic heterocycles. The maximum Gasteiger partial charge on any atom is 0.248 e. The Morgan fingerprint density at radius 2 is 1.53 bits per heavy atom. The van der Waals surface area contributed by atoms with E-state index in [2.05, 4.69) is 15.0 Å². The predicted octanol–water partition coefficient (Wildman–Crippen LogP) is 3.64. The number of benzene rings is 2. The number of aromatic nitrogens is 5. The maximum atomic E-state index is 11.4.